The van der Waals surface area contributed by atoms with E-state index in [1.807, 2.05) is 44.2 Å². The molecule has 7 heteroatoms. The number of nitrogens with one attached hydrogen (secondary N) is 1. The molecular weight excluding hydrogens is 296 g/mol. The summed E-state index contributed by atoms with van der Waals surface area (Å²) >= 11 is 0. The van der Waals surface area contributed by atoms with Crippen LogP contribution in [0.15, 0.2) is 30.3 Å². The third-order valence-electron chi connectivity index (χ3n) is 3.38. The van der Waals surface area contributed by atoms with Gasteiger partial charge in [0, 0.05) is 6.42 Å². The van der Waals surface area contributed by atoms with Crippen molar-refractivity contribution in [3.05, 3.63) is 42.0 Å². The van der Waals surface area contributed by atoms with Crippen molar-refractivity contribution in [2.45, 2.75) is 39.2 Å². The number of aliphatic carboxylic acids is 1. The van der Waals surface area contributed by atoms with E-state index in [9.17, 15) is 9.59 Å². The zero-order valence-electron chi connectivity index (χ0n) is 13.2. The minimum absolute atomic E-state index is 0.0203. The van der Waals surface area contributed by atoms with E-state index in [-0.39, 0.29) is 5.82 Å². The van der Waals surface area contributed by atoms with E-state index in [0.29, 0.717) is 25.1 Å². The van der Waals surface area contributed by atoms with E-state index in [2.05, 4.69) is 15.4 Å². The number of carboxylic acid groups (broad SMARTS) is 1. The number of amides is 1. The van der Waals surface area contributed by atoms with Crippen molar-refractivity contribution in [3.8, 4) is 5.69 Å². The molecule has 0 radical (unpaired) electrons. The minimum Gasteiger partial charge on any atom is -0.480 e. The van der Waals surface area contributed by atoms with Crippen LogP contribution in [0.2, 0.25) is 0 Å². The summed E-state index contributed by atoms with van der Waals surface area (Å²) in [5.41, 5.74) is 0.805. The summed E-state index contributed by atoms with van der Waals surface area (Å²) in [7, 11) is 0. The lowest BCUT2D eigenvalue weighted by Gasteiger charge is -2.11. The van der Waals surface area contributed by atoms with Crippen LogP contribution in [-0.2, 0) is 11.2 Å². The number of aromatic nitrogens is 3. The molecule has 0 saturated carbocycles. The number of hydrogen-bond acceptors (Lipinski definition) is 4. The molecule has 7 nitrogen and oxygen atoms in total. The number of nitrogens with zero attached hydrogens (tertiary/aromatic N) is 3. The van der Waals surface area contributed by atoms with Gasteiger partial charge in [0.1, 0.15) is 11.9 Å². The van der Waals surface area contributed by atoms with Gasteiger partial charge in [-0.15, -0.1) is 5.10 Å². The third kappa shape index (κ3) is 3.94. The van der Waals surface area contributed by atoms with Gasteiger partial charge in [-0.1, -0.05) is 38.5 Å². The highest BCUT2D eigenvalue weighted by atomic mass is 16.4. The van der Waals surface area contributed by atoms with E-state index in [4.69, 9.17) is 5.11 Å². The molecular formula is C16H20N4O3. The summed E-state index contributed by atoms with van der Waals surface area (Å²) in [4.78, 5) is 27.6. The van der Waals surface area contributed by atoms with Crippen LogP contribution in [0, 0.1) is 0 Å². The third-order valence-corrected chi connectivity index (χ3v) is 3.38. The first kappa shape index (κ1) is 16.7. The second kappa shape index (κ2) is 7.53. The lowest BCUT2D eigenvalue weighted by atomic mass is 10.1. The molecule has 23 heavy (non-hydrogen) atoms. The van der Waals surface area contributed by atoms with E-state index in [1.165, 1.54) is 0 Å². The first-order chi connectivity index (χ1) is 11.1. The summed E-state index contributed by atoms with van der Waals surface area (Å²) in [6, 6.07) is 8.44. The first-order valence-corrected chi connectivity index (χ1v) is 7.61. The lowest BCUT2D eigenvalue weighted by molar-refractivity contribution is -0.139. The molecule has 0 bridgehead atoms. The highest BCUT2D eigenvalue weighted by Crippen LogP contribution is 2.10. The number of carbonyl (C=O) groups excluding carboxylic acids is 1. The molecule has 0 spiro atoms. The summed E-state index contributed by atoms with van der Waals surface area (Å²) in [6.45, 7) is 3.78. The summed E-state index contributed by atoms with van der Waals surface area (Å²) in [5.74, 6) is -1.01. The molecule has 1 heterocycles. The van der Waals surface area contributed by atoms with Crippen molar-refractivity contribution < 1.29 is 14.7 Å². The van der Waals surface area contributed by atoms with Crippen molar-refractivity contribution in [2.75, 3.05) is 0 Å². The molecule has 1 unspecified atom stereocenters. The van der Waals surface area contributed by atoms with E-state index in [0.717, 1.165) is 5.69 Å². The standard InChI is InChI=1S/C16H20N4O3/c1-3-8-12(16(22)23)17-15(21)14-18-13(4-2)20(19-14)11-9-6-5-7-10-11/h5-7,9-10,12H,3-4,8H2,1-2H3,(H,17,21)(H,22,23). The van der Waals surface area contributed by atoms with Crippen molar-refractivity contribution in [2.24, 2.45) is 0 Å². The van der Waals surface area contributed by atoms with Gasteiger partial charge in [-0.25, -0.2) is 14.5 Å². The van der Waals surface area contributed by atoms with Gasteiger partial charge in [-0.05, 0) is 18.6 Å². The highest BCUT2D eigenvalue weighted by molar-refractivity contribution is 5.93. The molecule has 2 rings (SSSR count). The van der Waals surface area contributed by atoms with Crippen LogP contribution >= 0.6 is 0 Å². The van der Waals surface area contributed by atoms with Crippen LogP contribution in [-0.4, -0.2) is 37.8 Å². The first-order valence-electron chi connectivity index (χ1n) is 7.61. The summed E-state index contributed by atoms with van der Waals surface area (Å²) in [5, 5.41) is 15.8. The second-order valence-electron chi connectivity index (χ2n) is 5.11. The van der Waals surface area contributed by atoms with Crippen molar-refractivity contribution >= 4 is 11.9 Å². The number of benzene rings is 1. The zero-order chi connectivity index (χ0) is 16.8. The molecule has 1 aromatic carbocycles. The smallest absolute Gasteiger partial charge is 0.326 e. The van der Waals surface area contributed by atoms with Crippen molar-refractivity contribution in [3.63, 3.8) is 0 Å². The Bertz CT molecular complexity index is 682. The molecule has 0 aliphatic heterocycles. The molecule has 122 valence electrons. The van der Waals surface area contributed by atoms with E-state index in [1.54, 1.807) is 4.68 Å². The molecule has 1 atom stereocenters. The molecule has 0 saturated heterocycles. The summed E-state index contributed by atoms with van der Waals surface area (Å²) < 4.78 is 1.60. The Morgan fingerprint density at radius 2 is 1.96 bits per heavy atom. The second-order valence-corrected chi connectivity index (χ2v) is 5.11. The average molecular weight is 316 g/mol. The van der Waals surface area contributed by atoms with Gasteiger partial charge in [0.15, 0.2) is 0 Å². The Kier molecular flexibility index (Phi) is 5.46. The maximum absolute atomic E-state index is 12.2. The van der Waals surface area contributed by atoms with Crippen molar-refractivity contribution in [1.82, 2.24) is 20.1 Å². The van der Waals surface area contributed by atoms with Crippen LogP contribution in [0.3, 0.4) is 0 Å². The number of carbonyl (C=O) groups is 2. The molecule has 1 aromatic heterocycles. The number of hydrogen-bond donors (Lipinski definition) is 2. The van der Waals surface area contributed by atoms with Gasteiger partial charge in [0.25, 0.3) is 5.91 Å². The Morgan fingerprint density at radius 1 is 1.26 bits per heavy atom. The molecule has 2 aromatic rings. The van der Waals surface area contributed by atoms with Gasteiger partial charge in [0.2, 0.25) is 5.82 Å². The number of rotatable bonds is 7. The van der Waals surface area contributed by atoms with Gasteiger partial charge in [-0.3, -0.25) is 4.79 Å². The average Bonchev–Trinajstić information content (AvgIpc) is 2.99. The maximum atomic E-state index is 12.2. The maximum Gasteiger partial charge on any atom is 0.326 e. The van der Waals surface area contributed by atoms with Gasteiger partial charge >= 0.3 is 5.97 Å². The van der Waals surface area contributed by atoms with Crippen molar-refractivity contribution in [1.29, 1.82) is 0 Å². The number of aryl methyl sites for hydroxylation is 1. The Morgan fingerprint density at radius 3 is 2.52 bits per heavy atom. The summed E-state index contributed by atoms with van der Waals surface area (Å²) in [6.07, 6.45) is 1.62. The van der Waals surface area contributed by atoms with Gasteiger partial charge in [-0.2, -0.15) is 0 Å². The Labute approximate surface area is 134 Å². The predicted octanol–water partition coefficient (Wildman–Crippen LogP) is 1.81. The van der Waals surface area contributed by atoms with Gasteiger partial charge < -0.3 is 10.4 Å². The fourth-order valence-electron chi connectivity index (χ4n) is 2.21. The number of para-hydroxylation sites is 1. The van der Waals surface area contributed by atoms with Crippen LogP contribution in [0.4, 0.5) is 0 Å². The quantitative estimate of drug-likeness (QED) is 0.812. The fraction of sp³-hybridized carbons (Fsp3) is 0.375. The number of carboxylic acids is 1. The van der Waals surface area contributed by atoms with Crippen LogP contribution in [0.25, 0.3) is 5.69 Å². The van der Waals surface area contributed by atoms with Crippen LogP contribution in [0.1, 0.15) is 43.1 Å². The van der Waals surface area contributed by atoms with E-state index < -0.39 is 17.9 Å². The topological polar surface area (TPSA) is 97.1 Å². The minimum atomic E-state index is -1.06. The van der Waals surface area contributed by atoms with E-state index >= 15 is 0 Å². The largest absolute Gasteiger partial charge is 0.480 e. The molecule has 2 N–H and O–H groups in total. The zero-order valence-corrected chi connectivity index (χ0v) is 13.2. The van der Waals surface area contributed by atoms with Crippen LogP contribution < -0.4 is 5.32 Å². The normalized spacial score (nSPS) is 11.9. The monoisotopic (exact) mass is 316 g/mol. The lowest BCUT2D eigenvalue weighted by Crippen LogP contribution is -2.41. The molecule has 0 aliphatic rings. The Balaban J connectivity index is 2.25. The SMILES string of the molecule is CCCC(NC(=O)c1nc(CC)n(-c2ccccc2)n1)C(=O)O. The van der Waals surface area contributed by atoms with Gasteiger partial charge in [0.05, 0.1) is 5.69 Å². The molecule has 1 amide bonds. The predicted molar refractivity (Wildman–Crippen MR) is 84.5 cm³/mol. The molecule has 0 aliphatic carbocycles. The Hall–Kier alpha value is -2.70. The molecule has 0 fully saturated rings. The fourth-order valence-corrected chi connectivity index (χ4v) is 2.21. The van der Waals surface area contributed by atoms with Crippen LogP contribution in [0.5, 0.6) is 0 Å². The highest BCUT2D eigenvalue weighted by Gasteiger charge is 2.23.